The van der Waals surface area contributed by atoms with Gasteiger partial charge in [-0.2, -0.15) is 0 Å². The van der Waals surface area contributed by atoms with Gasteiger partial charge in [0.05, 0.1) is 18.5 Å². The Labute approximate surface area is 166 Å². The summed E-state index contributed by atoms with van der Waals surface area (Å²) in [6, 6.07) is 7.96. The van der Waals surface area contributed by atoms with E-state index in [1.807, 2.05) is 45.1 Å². The van der Waals surface area contributed by atoms with Gasteiger partial charge in [-0.15, -0.1) is 11.3 Å². The first-order valence-electron chi connectivity index (χ1n) is 8.63. The van der Waals surface area contributed by atoms with E-state index < -0.39 is 0 Å². The molecule has 27 heavy (non-hydrogen) atoms. The molecular formula is C19H19ClN4O2S. The number of halogens is 1. The van der Waals surface area contributed by atoms with Crippen LogP contribution in [0.25, 0.3) is 11.0 Å². The van der Waals surface area contributed by atoms with Crippen molar-refractivity contribution in [3.8, 4) is 5.75 Å². The highest BCUT2D eigenvalue weighted by atomic mass is 35.5. The van der Waals surface area contributed by atoms with Gasteiger partial charge in [-0.05, 0) is 18.2 Å². The molecule has 8 heteroatoms. The fourth-order valence-electron chi connectivity index (χ4n) is 3.24. The highest BCUT2D eigenvalue weighted by Gasteiger charge is 2.21. The molecule has 3 aromatic rings. The maximum atomic E-state index is 12.6. The van der Waals surface area contributed by atoms with Crippen molar-refractivity contribution in [2.24, 2.45) is 0 Å². The number of hydrogen-bond donors (Lipinski definition) is 0. The molecule has 6 nitrogen and oxygen atoms in total. The van der Waals surface area contributed by atoms with Gasteiger partial charge in [0.15, 0.2) is 10.1 Å². The van der Waals surface area contributed by atoms with Gasteiger partial charge in [-0.25, -0.2) is 4.98 Å². The number of carbonyl (C=O) groups excluding carboxylic acids is 1. The summed E-state index contributed by atoms with van der Waals surface area (Å²) >= 11 is 7.68. The van der Waals surface area contributed by atoms with E-state index in [0.29, 0.717) is 18.2 Å². The molecule has 0 aliphatic carbocycles. The van der Waals surface area contributed by atoms with E-state index >= 15 is 0 Å². The highest BCUT2D eigenvalue weighted by Crippen LogP contribution is 2.28. The van der Waals surface area contributed by atoms with Gasteiger partial charge in [0.2, 0.25) is 5.91 Å². The number of para-hydroxylation sites is 2. The zero-order valence-electron chi connectivity index (χ0n) is 14.8. The quantitative estimate of drug-likeness (QED) is 0.627. The summed E-state index contributed by atoms with van der Waals surface area (Å²) < 4.78 is 7.32. The number of piperazine rings is 1. The standard InChI is InChI=1S/C19H19ClN4O2S/c1-26-16-5-3-2-4-14(16)22-8-10-23(11-9-22)17(25)7-6-15-18(20)21-19-24(15)12-13-27-19/h2-7,12-13H,8-11H2,1H3. The van der Waals surface area contributed by atoms with Crippen LogP contribution in [0.5, 0.6) is 5.75 Å². The molecule has 1 aliphatic rings. The number of anilines is 1. The van der Waals surface area contributed by atoms with Crippen molar-refractivity contribution in [1.29, 1.82) is 0 Å². The third kappa shape index (κ3) is 3.52. The van der Waals surface area contributed by atoms with Crippen molar-refractivity contribution in [2.45, 2.75) is 0 Å². The Balaban J connectivity index is 1.41. The van der Waals surface area contributed by atoms with Crippen molar-refractivity contribution >= 4 is 45.6 Å². The SMILES string of the molecule is COc1ccccc1N1CCN(C(=O)C=Cc2c(Cl)nc3sccn23)CC1. The fraction of sp³-hybridized carbons (Fsp3) is 0.263. The highest BCUT2D eigenvalue weighted by molar-refractivity contribution is 7.15. The molecule has 0 unspecified atom stereocenters. The van der Waals surface area contributed by atoms with Crippen molar-refractivity contribution in [2.75, 3.05) is 38.2 Å². The van der Waals surface area contributed by atoms with E-state index in [-0.39, 0.29) is 5.91 Å². The van der Waals surface area contributed by atoms with Crippen LogP contribution in [0.1, 0.15) is 5.69 Å². The van der Waals surface area contributed by atoms with E-state index in [0.717, 1.165) is 35.2 Å². The predicted octanol–water partition coefficient (Wildman–Crippen LogP) is 3.42. The number of methoxy groups -OCH3 is 1. The van der Waals surface area contributed by atoms with Crippen LogP contribution in [0, 0.1) is 0 Å². The van der Waals surface area contributed by atoms with E-state index in [2.05, 4.69) is 9.88 Å². The lowest BCUT2D eigenvalue weighted by Crippen LogP contribution is -2.48. The molecule has 0 atom stereocenters. The number of fused-ring (bicyclic) bond motifs is 1. The molecule has 1 fully saturated rings. The normalized spacial score (nSPS) is 15.0. The van der Waals surface area contributed by atoms with Crippen molar-refractivity contribution in [3.05, 3.63) is 52.8 Å². The molecule has 1 amide bonds. The van der Waals surface area contributed by atoms with Crippen LogP contribution in [-0.4, -0.2) is 53.5 Å². The summed E-state index contributed by atoms with van der Waals surface area (Å²) in [5.74, 6) is 0.836. The first-order chi connectivity index (χ1) is 13.2. The largest absolute Gasteiger partial charge is 0.495 e. The number of hydrogen-bond acceptors (Lipinski definition) is 5. The summed E-state index contributed by atoms with van der Waals surface area (Å²) in [6.45, 7) is 2.86. The first kappa shape index (κ1) is 17.9. The van der Waals surface area contributed by atoms with Crippen LogP contribution in [-0.2, 0) is 4.79 Å². The summed E-state index contributed by atoms with van der Waals surface area (Å²) in [6.07, 6.45) is 5.21. The van der Waals surface area contributed by atoms with Gasteiger partial charge in [0, 0.05) is 43.8 Å². The fourth-order valence-corrected chi connectivity index (χ4v) is 4.25. The van der Waals surface area contributed by atoms with Crippen LogP contribution >= 0.6 is 22.9 Å². The Kier molecular flexibility index (Phi) is 5.05. The molecule has 1 aliphatic heterocycles. The van der Waals surface area contributed by atoms with E-state index in [9.17, 15) is 4.79 Å². The number of benzene rings is 1. The van der Waals surface area contributed by atoms with Crippen LogP contribution < -0.4 is 9.64 Å². The molecule has 3 heterocycles. The summed E-state index contributed by atoms with van der Waals surface area (Å²) in [4.78, 5) is 21.8. The van der Waals surface area contributed by atoms with Crippen LogP contribution in [0.15, 0.2) is 41.9 Å². The van der Waals surface area contributed by atoms with Crippen molar-refractivity contribution in [1.82, 2.24) is 14.3 Å². The van der Waals surface area contributed by atoms with Crippen molar-refractivity contribution < 1.29 is 9.53 Å². The Morgan fingerprint density at radius 2 is 2.04 bits per heavy atom. The molecule has 0 N–H and O–H groups in total. The van der Waals surface area contributed by atoms with E-state index in [1.165, 1.54) is 11.3 Å². The lowest BCUT2D eigenvalue weighted by Gasteiger charge is -2.36. The zero-order chi connectivity index (χ0) is 18.8. The number of rotatable bonds is 4. The Hall–Kier alpha value is -2.51. The maximum Gasteiger partial charge on any atom is 0.246 e. The van der Waals surface area contributed by atoms with Crippen molar-refractivity contribution in [3.63, 3.8) is 0 Å². The molecule has 1 aromatic carbocycles. The molecule has 1 saturated heterocycles. The molecule has 2 aromatic heterocycles. The Morgan fingerprint density at radius 3 is 2.81 bits per heavy atom. The van der Waals surface area contributed by atoms with E-state index in [4.69, 9.17) is 16.3 Å². The Morgan fingerprint density at radius 1 is 1.26 bits per heavy atom. The second-order valence-corrected chi connectivity index (χ2v) is 7.39. The minimum Gasteiger partial charge on any atom is -0.495 e. The number of thiazole rings is 1. The summed E-state index contributed by atoms with van der Waals surface area (Å²) in [5.41, 5.74) is 1.79. The number of aromatic nitrogens is 2. The average Bonchev–Trinajstić information content (AvgIpc) is 3.27. The van der Waals surface area contributed by atoms with Crippen LogP contribution in [0.2, 0.25) is 5.15 Å². The molecule has 0 saturated carbocycles. The topological polar surface area (TPSA) is 50.1 Å². The number of amides is 1. The monoisotopic (exact) mass is 402 g/mol. The van der Waals surface area contributed by atoms with Crippen LogP contribution in [0.4, 0.5) is 5.69 Å². The lowest BCUT2D eigenvalue weighted by molar-refractivity contribution is -0.126. The van der Waals surface area contributed by atoms with Gasteiger partial charge in [0.25, 0.3) is 0 Å². The molecule has 4 rings (SSSR count). The van der Waals surface area contributed by atoms with Gasteiger partial charge in [-0.1, -0.05) is 23.7 Å². The third-order valence-corrected chi connectivity index (χ3v) is 5.69. The summed E-state index contributed by atoms with van der Waals surface area (Å²) in [5, 5.41) is 2.35. The third-order valence-electron chi connectivity index (χ3n) is 4.66. The van der Waals surface area contributed by atoms with Gasteiger partial charge >= 0.3 is 0 Å². The average molecular weight is 403 g/mol. The number of ether oxygens (including phenoxy) is 1. The van der Waals surface area contributed by atoms with Gasteiger partial charge < -0.3 is 14.5 Å². The number of nitrogens with zero attached hydrogens (tertiary/aromatic N) is 4. The smallest absolute Gasteiger partial charge is 0.246 e. The number of imidazole rings is 1. The molecule has 0 bridgehead atoms. The van der Waals surface area contributed by atoms with Gasteiger partial charge in [0.1, 0.15) is 5.75 Å². The van der Waals surface area contributed by atoms with Crippen LogP contribution in [0.3, 0.4) is 0 Å². The molecule has 140 valence electrons. The van der Waals surface area contributed by atoms with Gasteiger partial charge in [-0.3, -0.25) is 9.20 Å². The zero-order valence-corrected chi connectivity index (χ0v) is 16.4. The number of carbonyl (C=O) groups is 1. The maximum absolute atomic E-state index is 12.6. The minimum absolute atomic E-state index is 0.0177. The molecule has 0 radical (unpaired) electrons. The Bertz CT molecular complexity index is 989. The minimum atomic E-state index is -0.0177. The summed E-state index contributed by atoms with van der Waals surface area (Å²) in [7, 11) is 1.68. The molecule has 0 spiro atoms. The second-order valence-electron chi connectivity index (χ2n) is 6.16. The second kappa shape index (κ2) is 7.62. The predicted molar refractivity (Wildman–Crippen MR) is 109 cm³/mol. The first-order valence-corrected chi connectivity index (χ1v) is 9.89. The lowest BCUT2D eigenvalue weighted by atomic mass is 10.2. The van der Waals surface area contributed by atoms with E-state index in [1.54, 1.807) is 19.3 Å². The molecular weight excluding hydrogens is 384 g/mol.